The molecule has 18 heavy (non-hydrogen) atoms. The summed E-state index contributed by atoms with van der Waals surface area (Å²) in [6, 6.07) is 2.96. The normalized spacial score (nSPS) is 20.4. The Morgan fingerprint density at radius 1 is 1.44 bits per heavy atom. The highest BCUT2D eigenvalue weighted by Crippen LogP contribution is 2.20. The van der Waals surface area contributed by atoms with Crippen LogP contribution < -0.4 is 10.2 Å². The predicted octanol–water partition coefficient (Wildman–Crippen LogP) is 1.44. The number of rotatable bonds is 4. The molecule has 1 atom stereocenters. The lowest BCUT2D eigenvalue weighted by atomic mass is 10.2. The quantitative estimate of drug-likeness (QED) is 0.874. The van der Waals surface area contributed by atoms with E-state index in [0.717, 1.165) is 24.7 Å². The molecule has 0 spiro atoms. The molecule has 1 aromatic heterocycles. The molecule has 0 radical (unpaired) electrons. The number of likely N-dealkylation sites (tertiary alicyclic amines) is 1. The van der Waals surface area contributed by atoms with Crippen molar-refractivity contribution in [2.75, 3.05) is 37.4 Å². The summed E-state index contributed by atoms with van der Waals surface area (Å²) >= 11 is 0. The molecule has 1 aliphatic heterocycles. The van der Waals surface area contributed by atoms with Crippen LogP contribution in [0, 0.1) is 0 Å². The van der Waals surface area contributed by atoms with Crippen LogP contribution in [0.1, 0.15) is 20.3 Å². The topological polar surface area (TPSA) is 44.3 Å². The van der Waals surface area contributed by atoms with Gasteiger partial charge in [0, 0.05) is 31.7 Å². The number of anilines is 2. The fourth-order valence-corrected chi connectivity index (χ4v) is 2.33. The van der Waals surface area contributed by atoms with Crippen molar-refractivity contribution in [3.05, 3.63) is 12.4 Å². The summed E-state index contributed by atoms with van der Waals surface area (Å²) in [6.07, 6.45) is 2.83. The van der Waals surface area contributed by atoms with E-state index in [2.05, 4.69) is 53.0 Å². The first-order valence-corrected chi connectivity index (χ1v) is 6.56. The summed E-state index contributed by atoms with van der Waals surface area (Å²) in [5, 5.41) is 3.31. The summed E-state index contributed by atoms with van der Waals surface area (Å²) in [5.74, 6) is 1.89. The SMILES string of the molecule is CC(C)Nc1cc(N(C)C2CCN(C)C2)ncn1. The van der Waals surface area contributed by atoms with Gasteiger partial charge >= 0.3 is 0 Å². The average molecular weight is 249 g/mol. The van der Waals surface area contributed by atoms with Gasteiger partial charge in [-0.25, -0.2) is 9.97 Å². The molecule has 100 valence electrons. The molecule has 0 bridgehead atoms. The van der Waals surface area contributed by atoms with Crippen LogP contribution in [0.25, 0.3) is 0 Å². The molecular weight excluding hydrogens is 226 g/mol. The zero-order chi connectivity index (χ0) is 13.1. The van der Waals surface area contributed by atoms with E-state index in [9.17, 15) is 0 Å². The predicted molar refractivity (Wildman–Crippen MR) is 75.1 cm³/mol. The molecule has 2 heterocycles. The van der Waals surface area contributed by atoms with Crippen molar-refractivity contribution in [3.63, 3.8) is 0 Å². The lowest BCUT2D eigenvalue weighted by molar-refractivity contribution is 0.409. The van der Waals surface area contributed by atoms with E-state index < -0.39 is 0 Å². The Bertz CT molecular complexity index is 393. The molecule has 0 amide bonds. The van der Waals surface area contributed by atoms with Crippen molar-refractivity contribution < 1.29 is 0 Å². The minimum atomic E-state index is 0.385. The summed E-state index contributed by atoms with van der Waals surface area (Å²) in [7, 11) is 4.28. The van der Waals surface area contributed by atoms with Gasteiger partial charge in [-0.3, -0.25) is 0 Å². The first-order valence-electron chi connectivity index (χ1n) is 6.56. The summed E-state index contributed by atoms with van der Waals surface area (Å²) in [4.78, 5) is 13.2. The van der Waals surface area contributed by atoms with Crippen molar-refractivity contribution in [1.82, 2.24) is 14.9 Å². The second-order valence-electron chi connectivity index (χ2n) is 5.38. The highest BCUT2D eigenvalue weighted by molar-refractivity contribution is 5.49. The van der Waals surface area contributed by atoms with Gasteiger partial charge < -0.3 is 15.1 Å². The third-order valence-corrected chi connectivity index (χ3v) is 3.36. The minimum absolute atomic E-state index is 0.385. The molecule has 5 nitrogen and oxygen atoms in total. The van der Waals surface area contributed by atoms with E-state index in [-0.39, 0.29) is 0 Å². The van der Waals surface area contributed by atoms with Crippen LogP contribution >= 0.6 is 0 Å². The number of nitrogens with zero attached hydrogens (tertiary/aromatic N) is 4. The van der Waals surface area contributed by atoms with Crippen molar-refractivity contribution in [1.29, 1.82) is 0 Å². The molecule has 0 aliphatic carbocycles. The summed E-state index contributed by atoms with van der Waals surface area (Å²) < 4.78 is 0. The van der Waals surface area contributed by atoms with Crippen LogP contribution in [0.5, 0.6) is 0 Å². The third kappa shape index (κ3) is 3.10. The molecule has 1 aromatic rings. The third-order valence-electron chi connectivity index (χ3n) is 3.36. The van der Waals surface area contributed by atoms with Gasteiger partial charge in [-0.2, -0.15) is 0 Å². The van der Waals surface area contributed by atoms with Gasteiger partial charge in [0.05, 0.1) is 0 Å². The monoisotopic (exact) mass is 249 g/mol. The first kappa shape index (κ1) is 13.1. The largest absolute Gasteiger partial charge is 0.368 e. The molecular formula is C13H23N5. The Labute approximate surface area is 109 Å². The summed E-state index contributed by atoms with van der Waals surface area (Å²) in [6.45, 7) is 6.49. The number of hydrogen-bond acceptors (Lipinski definition) is 5. The molecule has 1 fully saturated rings. The van der Waals surface area contributed by atoms with E-state index >= 15 is 0 Å². The zero-order valence-corrected chi connectivity index (χ0v) is 11.7. The van der Waals surface area contributed by atoms with Gasteiger partial charge in [0.25, 0.3) is 0 Å². The smallest absolute Gasteiger partial charge is 0.134 e. The zero-order valence-electron chi connectivity index (χ0n) is 11.7. The Hall–Kier alpha value is -1.36. The Balaban J connectivity index is 2.07. The second-order valence-corrected chi connectivity index (χ2v) is 5.38. The van der Waals surface area contributed by atoms with Crippen molar-refractivity contribution in [2.24, 2.45) is 0 Å². The molecule has 1 aliphatic rings. The molecule has 0 aromatic carbocycles. The standard InChI is InChI=1S/C13H23N5/c1-10(2)16-12-7-13(15-9-14-12)18(4)11-5-6-17(3)8-11/h7,9-11H,5-6,8H2,1-4H3,(H,14,15,16). The molecule has 1 N–H and O–H groups in total. The van der Waals surface area contributed by atoms with Gasteiger partial charge in [0.2, 0.25) is 0 Å². The Morgan fingerprint density at radius 2 is 2.22 bits per heavy atom. The van der Waals surface area contributed by atoms with Crippen molar-refractivity contribution in [2.45, 2.75) is 32.4 Å². The van der Waals surface area contributed by atoms with Gasteiger partial charge in [0.1, 0.15) is 18.0 Å². The van der Waals surface area contributed by atoms with Gasteiger partial charge in [-0.15, -0.1) is 0 Å². The maximum absolute atomic E-state index is 4.37. The highest BCUT2D eigenvalue weighted by atomic mass is 15.3. The van der Waals surface area contributed by atoms with E-state index in [1.807, 2.05) is 6.07 Å². The van der Waals surface area contributed by atoms with Gasteiger partial charge in [-0.1, -0.05) is 0 Å². The number of aromatic nitrogens is 2. The maximum Gasteiger partial charge on any atom is 0.134 e. The molecule has 1 saturated heterocycles. The number of nitrogens with one attached hydrogen (secondary N) is 1. The van der Waals surface area contributed by atoms with E-state index in [0.29, 0.717) is 12.1 Å². The van der Waals surface area contributed by atoms with Crippen molar-refractivity contribution >= 4 is 11.6 Å². The van der Waals surface area contributed by atoms with E-state index in [1.165, 1.54) is 6.42 Å². The molecule has 5 heteroatoms. The fourth-order valence-electron chi connectivity index (χ4n) is 2.33. The first-order chi connectivity index (χ1) is 8.56. The van der Waals surface area contributed by atoms with Crippen LogP contribution in [0.4, 0.5) is 11.6 Å². The van der Waals surface area contributed by atoms with E-state index in [4.69, 9.17) is 0 Å². The van der Waals surface area contributed by atoms with Gasteiger partial charge in [-0.05, 0) is 33.9 Å². The average Bonchev–Trinajstić information content (AvgIpc) is 2.74. The minimum Gasteiger partial charge on any atom is -0.368 e. The highest BCUT2D eigenvalue weighted by Gasteiger charge is 2.24. The molecule has 0 saturated carbocycles. The van der Waals surface area contributed by atoms with Gasteiger partial charge in [0.15, 0.2) is 0 Å². The van der Waals surface area contributed by atoms with Crippen molar-refractivity contribution in [3.8, 4) is 0 Å². The van der Waals surface area contributed by atoms with Crippen LogP contribution in [0.3, 0.4) is 0 Å². The molecule has 1 unspecified atom stereocenters. The Morgan fingerprint density at radius 3 is 2.83 bits per heavy atom. The van der Waals surface area contributed by atoms with Crippen LogP contribution in [-0.4, -0.2) is 54.1 Å². The maximum atomic E-state index is 4.37. The van der Waals surface area contributed by atoms with Crippen LogP contribution in [0.2, 0.25) is 0 Å². The summed E-state index contributed by atoms with van der Waals surface area (Å²) in [5.41, 5.74) is 0. The Kier molecular flexibility index (Phi) is 4.01. The lowest BCUT2D eigenvalue weighted by Gasteiger charge is -2.25. The van der Waals surface area contributed by atoms with E-state index in [1.54, 1.807) is 6.33 Å². The fraction of sp³-hybridized carbons (Fsp3) is 0.692. The number of hydrogen-bond donors (Lipinski definition) is 1. The van der Waals surface area contributed by atoms with Crippen LogP contribution in [-0.2, 0) is 0 Å². The lowest BCUT2D eigenvalue weighted by Crippen LogP contribution is -2.34. The van der Waals surface area contributed by atoms with Crippen LogP contribution in [0.15, 0.2) is 12.4 Å². The second kappa shape index (κ2) is 5.52. The number of likely N-dealkylation sites (N-methyl/N-ethyl adjacent to an activating group) is 2. The molecule has 2 rings (SSSR count).